The Hall–Kier alpha value is -0.0500. The first-order valence-electron chi connectivity index (χ1n) is 3.67. The van der Waals surface area contributed by atoms with Gasteiger partial charge in [0.25, 0.3) is 0 Å². The lowest BCUT2D eigenvalue weighted by Crippen LogP contribution is -2.17. The van der Waals surface area contributed by atoms with Crippen LogP contribution < -0.4 is 5.73 Å². The monoisotopic (exact) mass is 187 g/mol. The molecule has 0 atom stereocenters. The molecule has 2 N–H and O–H groups in total. The van der Waals surface area contributed by atoms with Gasteiger partial charge in [0.1, 0.15) is 0 Å². The van der Waals surface area contributed by atoms with Crippen LogP contribution in [0.1, 0.15) is 22.6 Å². The second kappa shape index (κ2) is 2.22. The molecule has 0 aromatic carbocycles. The van der Waals surface area contributed by atoms with E-state index in [-0.39, 0.29) is 5.54 Å². The normalized spacial score (nSPS) is 20.3. The van der Waals surface area contributed by atoms with Crippen LogP contribution in [0.15, 0.2) is 6.07 Å². The van der Waals surface area contributed by atoms with Crippen LogP contribution in [0.3, 0.4) is 0 Å². The zero-order valence-electron chi connectivity index (χ0n) is 6.36. The second-order valence-electron chi connectivity index (χ2n) is 3.19. The molecule has 1 aliphatic carbocycles. The average Bonchev–Trinajstić information content (AvgIpc) is 2.55. The van der Waals surface area contributed by atoms with E-state index >= 15 is 0 Å². The maximum absolute atomic E-state index is 6.01. The Balaban J connectivity index is 2.44. The van der Waals surface area contributed by atoms with Crippen LogP contribution in [0.5, 0.6) is 0 Å². The van der Waals surface area contributed by atoms with Gasteiger partial charge in [-0.3, -0.25) is 0 Å². The molecule has 0 amide bonds. The summed E-state index contributed by atoms with van der Waals surface area (Å²) in [5.74, 6) is 0. The lowest BCUT2D eigenvalue weighted by Gasteiger charge is -2.04. The summed E-state index contributed by atoms with van der Waals surface area (Å²) < 4.78 is 0. The molecule has 0 bridgehead atoms. The molecule has 1 aromatic heterocycles. The Morgan fingerprint density at radius 1 is 1.64 bits per heavy atom. The molecule has 0 saturated heterocycles. The largest absolute Gasteiger partial charge is 0.321 e. The number of thiophene rings is 1. The van der Waals surface area contributed by atoms with Gasteiger partial charge in [0.2, 0.25) is 0 Å². The van der Waals surface area contributed by atoms with E-state index in [1.165, 1.54) is 9.75 Å². The first-order chi connectivity index (χ1) is 5.12. The van der Waals surface area contributed by atoms with Gasteiger partial charge in [-0.15, -0.1) is 11.3 Å². The molecular formula is C8H10ClNS. The predicted octanol–water partition coefficient (Wildman–Crippen LogP) is 2.66. The van der Waals surface area contributed by atoms with Crippen molar-refractivity contribution in [2.45, 2.75) is 25.3 Å². The highest BCUT2D eigenvalue weighted by Gasteiger charge is 2.42. The van der Waals surface area contributed by atoms with Gasteiger partial charge in [0.05, 0.1) is 10.6 Å². The van der Waals surface area contributed by atoms with Gasteiger partial charge in [-0.25, -0.2) is 0 Å². The zero-order valence-corrected chi connectivity index (χ0v) is 7.93. The molecule has 60 valence electrons. The number of aryl methyl sites for hydroxylation is 1. The molecule has 0 aliphatic heterocycles. The lowest BCUT2D eigenvalue weighted by atomic mass is 10.2. The van der Waals surface area contributed by atoms with Crippen molar-refractivity contribution >= 4 is 22.9 Å². The number of hydrogen-bond acceptors (Lipinski definition) is 2. The fraction of sp³-hybridized carbons (Fsp3) is 0.500. The van der Waals surface area contributed by atoms with Gasteiger partial charge in [-0.05, 0) is 25.8 Å². The van der Waals surface area contributed by atoms with Crippen LogP contribution in [0.4, 0.5) is 0 Å². The van der Waals surface area contributed by atoms with Crippen LogP contribution in [-0.2, 0) is 5.54 Å². The van der Waals surface area contributed by atoms with Crippen molar-refractivity contribution in [3.05, 3.63) is 20.8 Å². The van der Waals surface area contributed by atoms with Crippen molar-refractivity contribution in [2.24, 2.45) is 5.73 Å². The Morgan fingerprint density at radius 2 is 2.27 bits per heavy atom. The number of halogens is 1. The third kappa shape index (κ3) is 1.19. The summed E-state index contributed by atoms with van der Waals surface area (Å²) in [7, 11) is 0. The summed E-state index contributed by atoms with van der Waals surface area (Å²) in [6, 6.07) is 1.99. The summed E-state index contributed by atoms with van der Waals surface area (Å²) in [4.78, 5) is 2.43. The van der Waals surface area contributed by atoms with E-state index in [9.17, 15) is 0 Å². The van der Waals surface area contributed by atoms with Crippen molar-refractivity contribution in [1.29, 1.82) is 0 Å². The van der Waals surface area contributed by atoms with E-state index in [0.29, 0.717) is 0 Å². The van der Waals surface area contributed by atoms with Gasteiger partial charge in [0.15, 0.2) is 0 Å². The SMILES string of the molecule is Cc1cc(Cl)c(C2(N)CC2)s1. The third-order valence-electron chi connectivity index (χ3n) is 2.05. The van der Waals surface area contributed by atoms with Gasteiger partial charge in [0, 0.05) is 9.75 Å². The van der Waals surface area contributed by atoms with E-state index in [0.717, 1.165) is 17.9 Å². The fourth-order valence-electron chi connectivity index (χ4n) is 1.18. The molecule has 1 saturated carbocycles. The Kier molecular flexibility index (Phi) is 1.53. The number of nitrogens with two attached hydrogens (primary N) is 1. The second-order valence-corrected chi connectivity index (χ2v) is 4.85. The number of rotatable bonds is 1. The molecule has 3 heteroatoms. The summed E-state index contributed by atoms with van der Waals surface area (Å²) in [5.41, 5.74) is 5.95. The molecule has 0 unspecified atom stereocenters. The van der Waals surface area contributed by atoms with Crippen molar-refractivity contribution in [3.63, 3.8) is 0 Å². The lowest BCUT2D eigenvalue weighted by molar-refractivity contribution is 0.759. The topological polar surface area (TPSA) is 26.0 Å². The standard InChI is InChI=1S/C8H10ClNS/c1-5-4-6(9)7(11-5)8(10)2-3-8/h4H,2-3,10H2,1H3. The minimum Gasteiger partial charge on any atom is -0.321 e. The quantitative estimate of drug-likeness (QED) is 0.719. The van der Waals surface area contributed by atoms with E-state index < -0.39 is 0 Å². The molecule has 1 aliphatic rings. The highest BCUT2D eigenvalue weighted by atomic mass is 35.5. The highest BCUT2D eigenvalue weighted by Crippen LogP contribution is 2.48. The van der Waals surface area contributed by atoms with Crippen molar-refractivity contribution in [1.82, 2.24) is 0 Å². The maximum atomic E-state index is 6.01. The summed E-state index contributed by atoms with van der Waals surface area (Å²) >= 11 is 7.73. The van der Waals surface area contributed by atoms with Gasteiger partial charge in [-0.2, -0.15) is 0 Å². The molecule has 2 rings (SSSR count). The van der Waals surface area contributed by atoms with Gasteiger partial charge >= 0.3 is 0 Å². The van der Waals surface area contributed by atoms with E-state index in [2.05, 4.69) is 6.92 Å². The average molecular weight is 188 g/mol. The highest BCUT2D eigenvalue weighted by molar-refractivity contribution is 7.12. The molecule has 1 nitrogen and oxygen atoms in total. The molecule has 0 radical (unpaired) electrons. The van der Waals surface area contributed by atoms with Gasteiger partial charge in [-0.1, -0.05) is 11.6 Å². The smallest absolute Gasteiger partial charge is 0.0566 e. The summed E-state index contributed by atoms with van der Waals surface area (Å²) in [6.07, 6.45) is 2.18. The number of hydrogen-bond donors (Lipinski definition) is 1. The van der Waals surface area contributed by atoms with Crippen LogP contribution in [-0.4, -0.2) is 0 Å². The predicted molar refractivity (Wildman–Crippen MR) is 49.2 cm³/mol. The van der Waals surface area contributed by atoms with E-state index in [1.807, 2.05) is 6.07 Å². The molecule has 11 heavy (non-hydrogen) atoms. The first-order valence-corrected chi connectivity index (χ1v) is 4.86. The van der Waals surface area contributed by atoms with Crippen LogP contribution in [0.2, 0.25) is 5.02 Å². The van der Waals surface area contributed by atoms with Crippen LogP contribution in [0, 0.1) is 6.92 Å². The summed E-state index contributed by atoms with van der Waals surface area (Å²) in [6.45, 7) is 2.06. The van der Waals surface area contributed by atoms with Crippen LogP contribution >= 0.6 is 22.9 Å². The van der Waals surface area contributed by atoms with E-state index in [1.54, 1.807) is 11.3 Å². The summed E-state index contributed by atoms with van der Waals surface area (Å²) in [5, 5.41) is 0.854. The fourth-order valence-corrected chi connectivity index (χ4v) is 2.78. The van der Waals surface area contributed by atoms with Crippen molar-refractivity contribution in [2.75, 3.05) is 0 Å². The maximum Gasteiger partial charge on any atom is 0.0566 e. The Labute approximate surface area is 75.2 Å². The van der Waals surface area contributed by atoms with Gasteiger partial charge < -0.3 is 5.73 Å². The minimum absolute atomic E-state index is 0.0595. The third-order valence-corrected chi connectivity index (χ3v) is 3.73. The molecule has 1 fully saturated rings. The molecule has 1 aromatic rings. The Bertz CT molecular complexity index is 288. The van der Waals surface area contributed by atoms with Crippen LogP contribution in [0.25, 0.3) is 0 Å². The minimum atomic E-state index is -0.0595. The van der Waals surface area contributed by atoms with Crippen molar-refractivity contribution in [3.8, 4) is 0 Å². The first kappa shape index (κ1) is 7.59. The van der Waals surface area contributed by atoms with Crippen molar-refractivity contribution < 1.29 is 0 Å². The molecular weight excluding hydrogens is 178 g/mol. The zero-order chi connectivity index (χ0) is 8.06. The molecule has 0 spiro atoms. The Morgan fingerprint density at radius 3 is 2.64 bits per heavy atom. The molecule has 1 heterocycles. The van der Waals surface area contributed by atoms with E-state index in [4.69, 9.17) is 17.3 Å².